The van der Waals surface area contributed by atoms with Crippen LogP contribution < -0.4 is 0 Å². The van der Waals surface area contributed by atoms with Gasteiger partial charge < -0.3 is 4.74 Å². The lowest BCUT2D eigenvalue weighted by atomic mass is 10.2. The van der Waals surface area contributed by atoms with Crippen molar-refractivity contribution in [3.8, 4) is 0 Å². The zero-order valence-electron chi connectivity index (χ0n) is 7.11. The Kier molecular flexibility index (Phi) is 2.81. The SMILES string of the molecule is Sc1cnc(Cl)n1C1CCCCO1. The number of ether oxygens (including phenoxy) is 1. The topological polar surface area (TPSA) is 27.1 Å². The van der Waals surface area contributed by atoms with Crippen molar-refractivity contribution in [1.82, 2.24) is 9.55 Å². The van der Waals surface area contributed by atoms with Crippen LogP contribution in [0.5, 0.6) is 0 Å². The summed E-state index contributed by atoms with van der Waals surface area (Å²) in [4.78, 5) is 3.96. The van der Waals surface area contributed by atoms with Crippen LogP contribution in [-0.2, 0) is 4.74 Å². The van der Waals surface area contributed by atoms with Crippen molar-refractivity contribution in [1.29, 1.82) is 0 Å². The Labute approximate surface area is 87.5 Å². The van der Waals surface area contributed by atoms with Crippen molar-refractivity contribution in [3.63, 3.8) is 0 Å². The Morgan fingerprint density at radius 1 is 1.62 bits per heavy atom. The van der Waals surface area contributed by atoms with Crippen molar-refractivity contribution < 1.29 is 4.74 Å². The highest BCUT2D eigenvalue weighted by molar-refractivity contribution is 7.80. The van der Waals surface area contributed by atoms with Crippen molar-refractivity contribution >= 4 is 24.2 Å². The Bertz CT molecular complexity index is 277. The van der Waals surface area contributed by atoms with Gasteiger partial charge in [0.15, 0.2) is 0 Å². The molecule has 2 rings (SSSR count). The maximum absolute atomic E-state index is 5.90. The van der Waals surface area contributed by atoms with Gasteiger partial charge in [0, 0.05) is 6.61 Å². The molecule has 1 aliphatic heterocycles. The van der Waals surface area contributed by atoms with E-state index in [1.54, 1.807) is 6.20 Å². The summed E-state index contributed by atoms with van der Waals surface area (Å²) >= 11 is 10.2. The van der Waals surface area contributed by atoms with E-state index >= 15 is 0 Å². The van der Waals surface area contributed by atoms with Gasteiger partial charge in [0.1, 0.15) is 6.23 Å². The quantitative estimate of drug-likeness (QED) is 0.734. The maximum atomic E-state index is 5.90. The standard InChI is InChI=1S/C8H11ClN2OS/c9-8-10-5-7(13)11(8)6-3-1-2-4-12-6/h5-6,13H,1-4H2. The molecule has 0 bridgehead atoms. The van der Waals surface area contributed by atoms with Crippen LogP contribution in [0.2, 0.25) is 5.28 Å². The minimum absolute atomic E-state index is 0.0243. The summed E-state index contributed by atoms with van der Waals surface area (Å²) in [6.07, 6.45) is 4.96. The van der Waals surface area contributed by atoms with Crippen LogP contribution in [0.4, 0.5) is 0 Å². The van der Waals surface area contributed by atoms with E-state index in [2.05, 4.69) is 17.6 Å². The summed E-state index contributed by atoms with van der Waals surface area (Å²) < 4.78 is 7.40. The van der Waals surface area contributed by atoms with E-state index in [9.17, 15) is 0 Å². The van der Waals surface area contributed by atoms with Crippen LogP contribution in [0, 0.1) is 0 Å². The van der Waals surface area contributed by atoms with Gasteiger partial charge in [-0.3, -0.25) is 4.57 Å². The van der Waals surface area contributed by atoms with Crippen molar-refractivity contribution in [3.05, 3.63) is 11.5 Å². The average Bonchev–Trinajstić information content (AvgIpc) is 2.48. The van der Waals surface area contributed by atoms with E-state index in [1.165, 1.54) is 6.42 Å². The van der Waals surface area contributed by atoms with Crippen LogP contribution in [-0.4, -0.2) is 16.2 Å². The largest absolute Gasteiger partial charge is 0.358 e. The van der Waals surface area contributed by atoms with Gasteiger partial charge >= 0.3 is 0 Å². The van der Waals surface area contributed by atoms with Crippen LogP contribution in [0.15, 0.2) is 11.2 Å². The van der Waals surface area contributed by atoms with Gasteiger partial charge in [0.2, 0.25) is 5.28 Å². The number of rotatable bonds is 1. The second-order valence-corrected chi connectivity index (χ2v) is 3.87. The first-order chi connectivity index (χ1) is 6.29. The lowest BCUT2D eigenvalue weighted by Crippen LogP contribution is -2.18. The fraction of sp³-hybridized carbons (Fsp3) is 0.625. The first-order valence-corrected chi connectivity index (χ1v) is 5.15. The number of nitrogens with zero attached hydrogens (tertiary/aromatic N) is 2. The zero-order valence-corrected chi connectivity index (χ0v) is 8.76. The molecule has 0 aliphatic carbocycles. The van der Waals surface area contributed by atoms with Gasteiger partial charge in [-0.2, -0.15) is 0 Å². The molecule has 3 nitrogen and oxygen atoms in total. The van der Waals surface area contributed by atoms with Gasteiger partial charge in [-0.15, -0.1) is 12.6 Å². The summed E-state index contributed by atoms with van der Waals surface area (Å²) in [5, 5.41) is 1.22. The molecule has 1 unspecified atom stereocenters. The van der Waals surface area contributed by atoms with Gasteiger partial charge in [0.05, 0.1) is 11.2 Å². The molecule has 1 fully saturated rings. The molecule has 1 aromatic heterocycles. The summed E-state index contributed by atoms with van der Waals surface area (Å²) in [7, 11) is 0. The van der Waals surface area contributed by atoms with E-state index in [0.717, 1.165) is 24.5 Å². The third-order valence-corrected chi connectivity index (χ3v) is 2.79. The Balaban J connectivity index is 2.22. The Morgan fingerprint density at radius 2 is 2.46 bits per heavy atom. The Hall–Kier alpha value is -0.190. The summed E-state index contributed by atoms with van der Waals surface area (Å²) in [6, 6.07) is 0. The third-order valence-electron chi connectivity index (χ3n) is 2.18. The smallest absolute Gasteiger partial charge is 0.205 e. The molecule has 0 aromatic carbocycles. The summed E-state index contributed by atoms with van der Waals surface area (Å²) in [6.45, 7) is 0.798. The van der Waals surface area contributed by atoms with Gasteiger partial charge in [-0.25, -0.2) is 4.98 Å². The minimum Gasteiger partial charge on any atom is -0.358 e. The fourth-order valence-corrected chi connectivity index (χ4v) is 2.11. The highest BCUT2D eigenvalue weighted by Crippen LogP contribution is 2.28. The molecule has 0 spiro atoms. The van der Waals surface area contributed by atoms with Gasteiger partial charge in [-0.05, 0) is 30.9 Å². The highest BCUT2D eigenvalue weighted by Gasteiger charge is 2.19. The number of imidazole rings is 1. The molecule has 0 amide bonds. The predicted octanol–water partition coefficient (Wildman–Crippen LogP) is 2.52. The normalized spacial score (nSPS) is 23.4. The number of halogens is 1. The van der Waals surface area contributed by atoms with E-state index in [0.29, 0.717) is 5.28 Å². The van der Waals surface area contributed by atoms with Crippen LogP contribution in [0.3, 0.4) is 0 Å². The van der Waals surface area contributed by atoms with Crippen LogP contribution >= 0.6 is 24.2 Å². The molecule has 1 saturated heterocycles. The molecule has 2 heterocycles. The van der Waals surface area contributed by atoms with Gasteiger partial charge in [-0.1, -0.05) is 0 Å². The molecular formula is C8H11ClN2OS. The first kappa shape index (κ1) is 9.37. The van der Waals surface area contributed by atoms with Crippen molar-refractivity contribution in [2.75, 3.05) is 6.61 Å². The van der Waals surface area contributed by atoms with Crippen LogP contribution in [0.25, 0.3) is 0 Å². The summed E-state index contributed by atoms with van der Waals surface area (Å²) in [5.74, 6) is 0. The van der Waals surface area contributed by atoms with Crippen molar-refractivity contribution in [2.45, 2.75) is 30.5 Å². The van der Waals surface area contributed by atoms with Crippen LogP contribution in [0.1, 0.15) is 25.5 Å². The lowest BCUT2D eigenvalue weighted by molar-refractivity contribution is -0.0363. The second-order valence-electron chi connectivity index (χ2n) is 3.08. The first-order valence-electron chi connectivity index (χ1n) is 4.32. The highest BCUT2D eigenvalue weighted by atomic mass is 35.5. The maximum Gasteiger partial charge on any atom is 0.205 e. The van der Waals surface area contributed by atoms with Gasteiger partial charge in [0.25, 0.3) is 0 Å². The molecule has 0 N–H and O–H groups in total. The van der Waals surface area contributed by atoms with Crippen molar-refractivity contribution in [2.24, 2.45) is 0 Å². The second kappa shape index (κ2) is 3.90. The molecule has 1 aliphatic rings. The molecule has 1 atom stereocenters. The van der Waals surface area contributed by atoms with E-state index < -0.39 is 0 Å². The summed E-state index contributed by atoms with van der Waals surface area (Å²) in [5.41, 5.74) is 0. The molecule has 13 heavy (non-hydrogen) atoms. The number of hydrogen-bond donors (Lipinski definition) is 1. The fourth-order valence-electron chi connectivity index (χ4n) is 1.52. The predicted molar refractivity (Wildman–Crippen MR) is 53.3 cm³/mol. The van der Waals surface area contributed by atoms with E-state index in [4.69, 9.17) is 16.3 Å². The number of thiol groups is 1. The number of hydrogen-bond acceptors (Lipinski definition) is 3. The molecular weight excluding hydrogens is 208 g/mol. The molecule has 1 aromatic rings. The molecule has 0 saturated carbocycles. The lowest BCUT2D eigenvalue weighted by Gasteiger charge is -2.24. The molecule has 5 heteroatoms. The zero-order chi connectivity index (χ0) is 9.26. The van der Waals surface area contributed by atoms with E-state index in [-0.39, 0.29) is 6.23 Å². The van der Waals surface area contributed by atoms with E-state index in [1.807, 2.05) is 4.57 Å². The third kappa shape index (κ3) is 1.85. The minimum atomic E-state index is 0.0243. The number of aromatic nitrogens is 2. The monoisotopic (exact) mass is 218 g/mol. The molecule has 72 valence electrons. The average molecular weight is 219 g/mol. The molecule has 0 radical (unpaired) electrons. The Morgan fingerprint density at radius 3 is 3.00 bits per heavy atom.